The van der Waals surface area contributed by atoms with Gasteiger partial charge in [-0.2, -0.15) is 5.10 Å². The maximum absolute atomic E-state index is 12.2. The van der Waals surface area contributed by atoms with Gasteiger partial charge in [0, 0.05) is 18.4 Å². The first-order valence-electron chi connectivity index (χ1n) is 6.45. The van der Waals surface area contributed by atoms with Crippen LogP contribution in [0.25, 0.3) is 0 Å². The number of hydrogen-bond donors (Lipinski definition) is 2. The number of carboxylic acids is 1. The molecule has 6 nitrogen and oxygen atoms in total. The molecule has 0 aliphatic heterocycles. The number of nitrogens with one attached hydrogen (secondary N) is 1. The minimum atomic E-state index is -1.01. The highest BCUT2D eigenvalue weighted by molar-refractivity contribution is 6.05. The molecule has 1 aromatic carbocycles. The van der Waals surface area contributed by atoms with Gasteiger partial charge in [-0.15, -0.1) is 0 Å². The molecule has 1 amide bonds. The first kappa shape index (κ1) is 14.8. The Bertz CT molecular complexity index is 732. The summed E-state index contributed by atoms with van der Waals surface area (Å²) in [6.07, 6.45) is 1.49. The van der Waals surface area contributed by atoms with Crippen LogP contribution in [0.15, 0.2) is 18.3 Å². The Morgan fingerprint density at radius 2 is 1.86 bits per heavy atom. The summed E-state index contributed by atoms with van der Waals surface area (Å²) < 4.78 is 1.61. The number of carbonyl (C=O) groups is 2. The highest BCUT2D eigenvalue weighted by Gasteiger charge is 2.15. The smallest absolute Gasteiger partial charge is 0.336 e. The quantitative estimate of drug-likeness (QED) is 0.907. The molecule has 1 aromatic heterocycles. The number of amides is 1. The molecule has 0 fully saturated rings. The SMILES string of the molecule is Cc1cc(NC(=O)c2cnn(C)c2C)cc(C(=O)O)c1C. The predicted molar refractivity (Wildman–Crippen MR) is 78.8 cm³/mol. The van der Waals surface area contributed by atoms with E-state index in [1.165, 1.54) is 12.3 Å². The first-order valence-corrected chi connectivity index (χ1v) is 6.45. The maximum Gasteiger partial charge on any atom is 0.336 e. The predicted octanol–water partition coefficient (Wildman–Crippen LogP) is 2.30. The third-order valence-corrected chi connectivity index (χ3v) is 3.64. The molecule has 2 N–H and O–H groups in total. The van der Waals surface area contributed by atoms with E-state index in [0.29, 0.717) is 16.8 Å². The number of anilines is 1. The van der Waals surface area contributed by atoms with Crippen LogP contribution < -0.4 is 5.32 Å². The van der Waals surface area contributed by atoms with Crippen LogP contribution in [-0.4, -0.2) is 26.8 Å². The summed E-state index contributed by atoms with van der Waals surface area (Å²) in [4.78, 5) is 23.4. The van der Waals surface area contributed by atoms with E-state index in [2.05, 4.69) is 10.4 Å². The number of aromatic carboxylic acids is 1. The summed E-state index contributed by atoms with van der Waals surface area (Å²) >= 11 is 0. The lowest BCUT2D eigenvalue weighted by molar-refractivity contribution is 0.0695. The summed E-state index contributed by atoms with van der Waals surface area (Å²) in [6.45, 7) is 5.35. The average molecular weight is 287 g/mol. The molecule has 2 aromatic rings. The maximum atomic E-state index is 12.2. The van der Waals surface area contributed by atoms with Gasteiger partial charge in [0.2, 0.25) is 0 Å². The summed E-state index contributed by atoms with van der Waals surface area (Å²) in [5, 5.41) is 15.9. The zero-order valence-electron chi connectivity index (χ0n) is 12.4. The Kier molecular flexibility index (Phi) is 3.80. The highest BCUT2D eigenvalue weighted by atomic mass is 16.4. The van der Waals surface area contributed by atoms with Crippen LogP contribution >= 0.6 is 0 Å². The van der Waals surface area contributed by atoms with Crippen molar-refractivity contribution in [1.29, 1.82) is 0 Å². The average Bonchev–Trinajstić information content (AvgIpc) is 2.73. The normalized spacial score (nSPS) is 10.5. The van der Waals surface area contributed by atoms with E-state index in [-0.39, 0.29) is 11.5 Å². The van der Waals surface area contributed by atoms with E-state index in [1.807, 2.05) is 6.92 Å². The first-order chi connectivity index (χ1) is 9.81. The monoisotopic (exact) mass is 287 g/mol. The zero-order valence-corrected chi connectivity index (χ0v) is 12.4. The summed E-state index contributed by atoms with van der Waals surface area (Å²) in [7, 11) is 1.75. The molecule has 2 rings (SSSR count). The lowest BCUT2D eigenvalue weighted by Gasteiger charge is -2.10. The third-order valence-electron chi connectivity index (χ3n) is 3.64. The van der Waals surface area contributed by atoms with Gasteiger partial charge in [0.1, 0.15) is 0 Å². The summed E-state index contributed by atoms with van der Waals surface area (Å²) in [5.74, 6) is -1.32. The van der Waals surface area contributed by atoms with Crippen LogP contribution in [-0.2, 0) is 7.05 Å². The van der Waals surface area contributed by atoms with Crippen molar-refractivity contribution in [2.24, 2.45) is 7.05 Å². The van der Waals surface area contributed by atoms with Crippen LogP contribution in [0, 0.1) is 20.8 Å². The van der Waals surface area contributed by atoms with E-state index in [4.69, 9.17) is 0 Å². The number of nitrogens with zero attached hydrogens (tertiary/aromatic N) is 2. The Morgan fingerprint density at radius 3 is 2.38 bits per heavy atom. The second-order valence-corrected chi connectivity index (χ2v) is 4.99. The zero-order chi connectivity index (χ0) is 15.7. The van der Waals surface area contributed by atoms with Crippen LogP contribution in [0.1, 0.15) is 37.5 Å². The Hall–Kier alpha value is -2.63. The molecule has 110 valence electrons. The van der Waals surface area contributed by atoms with Crippen molar-refractivity contribution in [3.63, 3.8) is 0 Å². The van der Waals surface area contributed by atoms with Gasteiger partial charge in [-0.25, -0.2) is 4.79 Å². The van der Waals surface area contributed by atoms with Crippen molar-refractivity contribution in [2.45, 2.75) is 20.8 Å². The molecule has 0 bridgehead atoms. The van der Waals surface area contributed by atoms with E-state index in [1.54, 1.807) is 31.6 Å². The molecule has 0 aliphatic rings. The number of hydrogen-bond acceptors (Lipinski definition) is 3. The molecule has 0 unspecified atom stereocenters. The van der Waals surface area contributed by atoms with Gasteiger partial charge < -0.3 is 10.4 Å². The van der Waals surface area contributed by atoms with E-state index in [0.717, 1.165) is 11.3 Å². The molecular formula is C15H17N3O3. The van der Waals surface area contributed by atoms with Crippen LogP contribution in [0.2, 0.25) is 0 Å². The number of carbonyl (C=O) groups excluding carboxylic acids is 1. The van der Waals surface area contributed by atoms with Crippen LogP contribution in [0.3, 0.4) is 0 Å². The van der Waals surface area contributed by atoms with Gasteiger partial charge in [0.25, 0.3) is 5.91 Å². The lowest BCUT2D eigenvalue weighted by atomic mass is 10.0. The minimum absolute atomic E-state index is 0.188. The van der Waals surface area contributed by atoms with E-state index >= 15 is 0 Å². The van der Waals surface area contributed by atoms with Gasteiger partial charge in [-0.05, 0) is 44.0 Å². The number of aryl methyl sites for hydroxylation is 2. The fourth-order valence-electron chi connectivity index (χ4n) is 2.07. The molecule has 6 heteroatoms. The molecular weight excluding hydrogens is 270 g/mol. The van der Waals surface area contributed by atoms with Crippen LogP contribution in [0.4, 0.5) is 5.69 Å². The second kappa shape index (κ2) is 5.40. The van der Waals surface area contributed by atoms with Crippen molar-refractivity contribution in [2.75, 3.05) is 5.32 Å². The standard InChI is InChI=1S/C15H17N3O3/c1-8-5-11(6-12(9(8)2)15(20)21)17-14(19)13-7-16-18(4)10(13)3/h5-7H,1-4H3,(H,17,19)(H,20,21). The fourth-order valence-corrected chi connectivity index (χ4v) is 2.07. The largest absolute Gasteiger partial charge is 0.478 e. The Balaban J connectivity index is 2.34. The molecule has 0 saturated heterocycles. The molecule has 0 saturated carbocycles. The summed E-state index contributed by atoms with van der Waals surface area (Å²) in [6, 6.07) is 3.22. The molecule has 0 atom stereocenters. The number of rotatable bonds is 3. The van der Waals surface area contributed by atoms with Crippen LogP contribution in [0.5, 0.6) is 0 Å². The third kappa shape index (κ3) is 2.79. The summed E-state index contributed by atoms with van der Waals surface area (Å²) in [5.41, 5.74) is 3.37. The van der Waals surface area contributed by atoms with Crippen molar-refractivity contribution < 1.29 is 14.7 Å². The van der Waals surface area contributed by atoms with E-state index in [9.17, 15) is 14.7 Å². The number of benzene rings is 1. The number of carboxylic acid groups (broad SMARTS) is 1. The fraction of sp³-hybridized carbons (Fsp3) is 0.267. The van der Waals surface area contributed by atoms with Crippen molar-refractivity contribution in [3.8, 4) is 0 Å². The van der Waals surface area contributed by atoms with Gasteiger partial charge in [-0.1, -0.05) is 0 Å². The van der Waals surface area contributed by atoms with Gasteiger partial charge in [0.15, 0.2) is 0 Å². The molecule has 0 spiro atoms. The lowest BCUT2D eigenvalue weighted by Crippen LogP contribution is -2.14. The number of aromatic nitrogens is 2. The Labute approximate surface area is 122 Å². The van der Waals surface area contributed by atoms with Crippen molar-refractivity contribution in [3.05, 3.63) is 46.3 Å². The van der Waals surface area contributed by atoms with Crippen molar-refractivity contribution >= 4 is 17.6 Å². The van der Waals surface area contributed by atoms with Gasteiger partial charge in [-0.3, -0.25) is 9.48 Å². The van der Waals surface area contributed by atoms with E-state index < -0.39 is 5.97 Å². The topological polar surface area (TPSA) is 84.2 Å². The molecule has 1 heterocycles. The highest BCUT2D eigenvalue weighted by Crippen LogP contribution is 2.21. The Morgan fingerprint density at radius 1 is 1.19 bits per heavy atom. The molecule has 0 aliphatic carbocycles. The van der Waals surface area contributed by atoms with Crippen molar-refractivity contribution in [1.82, 2.24) is 9.78 Å². The second-order valence-electron chi connectivity index (χ2n) is 4.99. The minimum Gasteiger partial charge on any atom is -0.478 e. The molecule has 0 radical (unpaired) electrons. The van der Waals surface area contributed by atoms with Gasteiger partial charge in [0.05, 0.1) is 17.3 Å². The molecule has 21 heavy (non-hydrogen) atoms. The van der Waals surface area contributed by atoms with Gasteiger partial charge >= 0.3 is 5.97 Å².